The highest BCUT2D eigenvalue weighted by atomic mass is 32.2. The Hall–Kier alpha value is -4.09. The van der Waals surface area contributed by atoms with E-state index in [4.69, 9.17) is 4.98 Å². The zero-order chi connectivity index (χ0) is 25.4. The molecule has 0 unspecified atom stereocenters. The van der Waals surface area contributed by atoms with Gasteiger partial charge in [0.1, 0.15) is 0 Å². The van der Waals surface area contributed by atoms with Crippen LogP contribution in [0.4, 0.5) is 0 Å². The fourth-order valence-corrected chi connectivity index (χ4v) is 5.61. The summed E-state index contributed by atoms with van der Waals surface area (Å²) in [5.41, 5.74) is 8.46. The van der Waals surface area contributed by atoms with Crippen molar-refractivity contribution in [2.45, 2.75) is 25.4 Å². The number of aromatic amines is 1. The van der Waals surface area contributed by atoms with Crippen LogP contribution in [0.3, 0.4) is 0 Å². The highest BCUT2D eigenvalue weighted by Gasteiger charge is 2.17. The minimum atomic E-state index is 0.0916. The van der Waals surface area contributed by atoms with Gasteiger partial charge in [-0.3, -0.25) is 9.36 Å². The minimum Gasteiger partial charge on any atom is -0.332 e. The molecule has 0 aliphatic heterocycles. The first-order valence-corrected chi connectivity index (χ1v) is 13.5. The molecule has 4 aromatic carbocycles. The molecule has 182 valence electrons. The van der Waals surface area contributed by atoms with Crippen molar-refractivity contribution in [1.82, 2.24) is 14.5 Å². The third-order valence-electron chi connectivity index (χ3n) is 6.73. The number of hydrogen-bond donors (Lipinski definition) is 1. The molecule has 4 nitrogen and oxygen atoms in total. The number of hydrogen-bond acceptors (Lipinski definition) is 3. The maximum atomic E-state index is 13.4. The van der Waals surface area contributed by atoms with E-state index in [0.29, 0.717) is 12.2 Å². The zero-order valence-electron chi connectivity index (χ0n) is 20.9. The monoisotopic (exact) mass is 501 g/mol. The van der Waals surface area contributed by atoms with E-state index >= 15 is 0 Å². The number of H-pyrrole nitrogens is 1. The lowest BCUT2D eigenvalue weighted by Gasteiger charge is -2.05. The fraction of sp³-hybridized carbons (Fsp3) is 0.125. The zero-order valence-corrected chi connectivity index (χ0v) is 21.7. The summed E-state index contributed by atoms with van der Waals surface area (Å²) in [4.78, 5) is 21.9. The number of nitrogens with one attached hydrogen (secondary N) is 1. The number of aromatic nitrogens is 3. The maximum absolute atomic E-state index is 13.4. The van der Waals surface area contributed by atoms with E-state index in [0.717, 1.165) is 49.5 Å². The molecule has 0 bridgehead atoms. The molecule has 5 heteroatoms. The molecule has 1 N–H and O–H groups in total. The number of nitrogens with zero attached hydrogens (tertiary/aromatic N) is 2. The SMILES string of the molecule is Cc1ccc(-c2nc(SCCC(=O)n3c4ccccc4c4ccccc43)[nH]c2-c2ccc(C)cc2)cc1. The number of fused-ring (bicyclic) bond motifs is 3. The van der Waals surface area contributed by atoms with Gasteiger partial charge in [-0.25, -0.2) is 4.98 Å². The first-order chi connectivity index (χ1) is 18.1. The topological polar surface area (TPSA) is 50.7 Å². The third kappa shape index (κ3) is 4.47. The average molecular weight is 502 g/mol. The maximum Gasteiger partial charge on any atom is 0.232 e. The van der Waals surface area contributed by atoms with Crippen molar-refractivity contribution in [3.05, 3.63) is 108 Å². The van der Waals surface area contributed by atoms with E-state index in [1.807, 2.05) is 41.0 Å². The van der Waals surface area contributed by atoms with E-state index < -0.39 is 0 Å². The summed E-state index contributed by atoms with van der Waals surface area (Å²) < 4.78 is 1.86. The van der Waals surface area contributed by atoms with Gasteiger partial charge in [-0.05, 0) is 26.0 Å². The van der Waals surface area contributed by atoms with Gasteiger partial charge in [-0.1, -0.05) is 108 Å². The van der Waals surface area contributed by atoms with Crippen molar-refractivity contribution < 1.29 is 4.79 Å². The molecule has 0 saturated carbocycles. The second-order valence-electron chi connectivity index (χ2n) is 9.36. The smallest absolute Gasteiger partial charge is 0.232 e. The predicted octanol–water partition coefficient (Wildman–Crippen LogP) is 8.29. The van der Waals surface area contributed by atoms with Crippen LogP contribution in [0.15, 0.2) is 102 Å². The van der Waals surface area contributed by atoms with Crippen LogP contribution in [0.25, 0.3) is 44.3 Å². The first-order valence-electron chi connectivity index (χ1n) is 12.5. The van der Waals surface area contributed by atoms with Crippen LogP contribution in [0, 0.1) is 13.8 Å². The molecule has 37 heavy (non-hydrogen) atoms. The number of benzene rings is 4. The summed E-state index contributed by atoms with van der Waals surface area (Å²) in [6, 6.07) is 33.2. The Kier molecular flexibility index (Phi) is 6.15. The van der Waals surface area contributed by atoms with Gasteiger partial charge in [0, 0.05) is 34.1 Å². The molecule has 0 fully saturated rings. The second kappa shape index (κ2) is 9.75. The van der Waals surface area contributed by atoms with Crippen molar-refractivity contribution in [2.75, 3.05) is 5.75 Å². The lowest BCUT2D eigenvalue weighted by molar-refractivity contribution is 0.0920. The van der Waals surface area contributed by atoms with Crippen molar-refractivity contribution in [3.8, 4) is 22.5 Å². The second-order valence-corrected chi connectivity index (χ2v) is 10.4. The first kappa shape index (κ1) is 23.3. The van der Waals surface area contributed by atoms with Crippen molar-refractivity contribution in [1.29, 1.82) is 0 Å². The predicted molar refractivity (Wildman–Crippen MR) is 154 cm³/mol. The van der Waals surface area contributed by atoms with Gasteiger partial charge in [-0.15, -0.1) is 0 Å². The number of imidazole rings is 1. The van der Waals surface area contributed by atoms with Crippen LogP contribution >= 0.6 is 11.8 Å². The Bertz CT molecular complexity index is 1610. The van der Waals surface area contributed by atoms with Gasteiger partial charge >= 0.3 is 0 Å². The van der Waals surface area contributed by atoms with E-state index in [9.17, 15) is 4.79 Å². The van der Waals surface area contributed by atoms with Crippen molar-refractivity contribution in [3.63, 3.8) is 0 Å². The molecule has 2 heterocycles. The van der Waals surface area contributed by atoms with Crippen LogP contribution in [0.2, 0.25) is 0 Å². The van der Waals surface area contributed by atoms with E-state index in [-0.39, 0.29) is 5.91 Å². The van der Waals surface area contributed by atoms with Gasteiger partial charge in [-0.2, -0.15) is 0 Å². The molecular formula is C32H27N3OS. The largest absolute Gasteiger partial charge is 0.332 e. The van der Waals surface area contributed by atoms with Crippen molar-refractivity contribution in [2.24, 2.45) is 0 Å². The summed E-state index contributed by atoms with van der Waals surface area (Å²) in [6.07, 6.45) is 0.410. The Morgan fingerprint density at radius 1 is 0.757 bits per heavy atom. The van der Waals surface area contributed by atoms with Crippen LogP contribution < -0.4 is 0 Å². The van der Waals surface area contributed by atoms with Crippen molar-refractivity contribution >= 4 is 39.5 Å². The number of aryl methyl sites for hydroxylation is 2. The standard InChI is InChI=1S/C32H27N3OS/c1-21-11-15-23(16-12-21)30-31(24-17-13-22(2)14-18-24)34-32(33-30)37-20-19-29(36)35-27-9-5-3-7-25(27)26-8-4-6-10-28(26)35/h3-18H,19-20H2,1-2H3,(H,33,34). The number of thioether (sulfide) groups is 1. The van der Waals surface area contributed by atoms with Gasteiger partial charge in [0.25, 0.3) is 0 Å². The van der Waals surface area contributed by atoms with Gasteiger partial charge in [0.2, 0.25) is 5.91 Å². The third-order valence-corrected chi connectivity index (χ3v) is 7.61. The normalized spacial score (nSPS) is 11.4. The van der Waals surface area contributed by atoms with E-state index in [1.54, 1.807) is 11.8 Å². The highest BCUT2D eigenvalue weighted by Crippen LogP contribution is 2.34. The molecule has 0 aliphatic rings. The molecule has 0 aliphatic carbocycles. The van der Waals surface area contributed by atoms with Crippen LogP contribution in [-0.4, -0.2) is 26.2 Å². The van der Waals surface area contributed by atoms with Crippen LogP contribution in [-0.2, 0) is 0 Å². The fourth-order valence-electron chi connectivity index (χ4n) is 4.81. The molecule has 0 amide bonds. The molecule has 0 atom stereocenters. The van der Waals surface area contributed by atoms with Gasteiger partial charge in [0.15, 0.2) is 5.16 Å². The molecule has 0 radical (unpaired) electrons. The summed E-state index contributed by atoms with van der Waals surface area (Å²) >= 11 is 1.59. The molecule has 6 rings (SSSR count). The average Bonchev–Trinajstić information content (AvgIpc) is 3.49. The summed E-state index contributed by atoms with van der Waals surface area (Å²) in [5.74, 6) is 0.724. The van der Waals surface area contributed by atoms with Crippen LogP contribution in [0.5, 0.6) is 0 Å². The number of rotatable bonds is 6. The highest BCUT2D eigenvalue weighted by molar-refractivity contribution is 7.99. The molecule has 2 aromatic heterocycles. The Morgan fingerprint density at radius 2 is 1.30 bits per heavy atom. The van der Waals surface area contributed by atoms with E-state index in [1.165, 1.54) is 11.1 Å². The molecule has 0 spiro atoms. The molecule has 6 aromatic rings. The molecular weight excluding hydrogens is 474 g/mol. The number of para-hydroxylation sites is 2. The Balaban J connectivity index is 1.27. The Morgan fingerprint density at radius 3 is 1.89 bits per heavy atom. The summed E-state index contributed by atoms with van der Waals surface area (Å²) in [7, 11) is 0. The lowest BCUT2D eigenvalue weighted by Crippen LogP contribution is -2.11. The Labute approximate surface area is 220 Å². The van der Waals surface area contributed by atoms with Gasteiger partial charge in [0.05, 0.1) is 22.4 Å². The lowest BCUT2D eigenvalue weighted by atomic mass is 10.0. The van der Waals surface area contributed by atoms with Crippen LogP contribution in [0.1, 0.15) is 22.3 Å². The summed E-state index contributed by atoms with van der Waals surface area (Å²) in [6.45, 7) is 4.18. The summed E-state index contributed by atoms with van der Waals surface area (Å²) in [5, 5.41) is 3.03. The minimum absolute atomic E-state index is 0.0916. The van der Waals surface area contributed by atoms with Gasteiger partial charge < -0.3 is 4.98 Å². The number of carbonyl (C=O) groups is 1. The number of carbonyl (C=O) groups excluding carboxylic acids is 1. The van der Waals surface area contributed by atoms with E-state index in [2.05, 4.69) is 79.5 Å². The quantitative estimate of drug-likeness (QED) is 0.234. The molecule has 0 saturated heterocycles.